The van der Waals surface area contributed by atoms with Crippen molar-refractivity contribution < 1.29 is 29.0 Å². The quantitative estimate of drug-likeness (QED) is 0.639. The number of nitrogens with one attached hydrogen (secondary N) is 2. The zero-order valence-electron chi connectivity index (χ0n) is 13.5. The van der Waals surface area contributed by atoms with E-state index in [4.69, 9.17) is 9.84 Å². The fourth-order valence-electron chi connectivity index (χ4n) is 2.16. The van der Waals surface area contributed by atoms with E-state index in [2.05, 4.69) is 10.6 Å². The number of hydrogen-bond acceptors (Lipinski definition) is 6. The molecule has 2 amide bonds. The highest BCUT2D eigenvalue weighted by Gasteiger charge is 2.33. The third-order valence-electron chi connectivity index (χ3n) is 3.42. The Labute approximate surface area is 148 Å². The number of amides is 2. The Morgan fingerprint density at radius 3 is 2.56 bits per heavy atom. The number of anilines is 1. The molecule has 0 spiro atoms. The number of rotatable bonds is 6. The van der Waals surface area contributed by atoms with Crippen LogP contribution in [0.4, 0.5) is 5.69 Å². The maximum atomic E-state index is 12.1. The molecule has 1 fully saturated rings. The van der Waals surface area contributed by atoms with E-state index in [0.29, 0.717) is 11.3 Å². The molecule has 0 saturated carbocycles. The molecule has 1 aromatic carbocycles. The Kier molecular flexibility index (Phi) is 6.40. The number of esters is 1. The van der Waals surface area contributed by atoms with E-state index in [-0.39, 0.29) is 24.7 Å². The molecule has 0 unspecified atom stereocenters. The second-order valence-electron chi connectivity index (χ2n) is 5.27. The van der Waals surface area contributed by atoms with E-state index in [0.717, 1.165) is 11.8 Å². The fraction of sp³-hybridized carbons (Fsp3) is 0.375. The van der Waals surface area contributed by atoms with Crippen LogP contribution in [-0.2, 0) is 19.1 Å². The summed E-state index contributed by atoms with van der Waals surface area (Å²) in [6.07, 6.45) is -0.0670. The van der Waals surface area contributed by atoms with Crippen molar-refractivity contribution in [1.82, 2.24) is 5.32 Å². The molecule has 1 heterocycles. The Morgan fingerprint density at radius 1 is 1.32 bits per heavy atom. The molecule has 1 saturated heterocycles. The van der Waals surface area contributed by atoms with Gasteiger partial charge in [0.15, 0.2) is 0 Å². The van der Waals surface area contributed by atoms with Gasteiger partial charge in [0.25, 0.3) is 0 Å². The smallest absolute Gasteiger partial charge is 0.338 e. The number of ether oxygens (including phenoxy) is 1. The van der Waals surface area contributed by atoms with Crippen LogP contribution in [0, 0.1) is 0 Å². The summed E-state index contributed by atoms with van der Waals surface area (Å²) >= 11 is 1.14. The molecule has 9 heteroatoms. The zero-order chi connectivity index (χ0) is 18.4. The van der Waals surface area contributed by atoms with Gasteiger partial charge in [0.1, 0.15) is 6.04 Å². The Hall–Kier alpha value is -2.55. The summed E-state index contributed by atoms with van der Waals surface area (Å²) in [5.74, 6) is -2.15. The first kappa shape index (κ1) is 18.8. The van der Waals surface area contributed by atoms with Crippen molar-refractivity contribution in [2.24, 2.45) is 0 Å². The van der Waals surface area contributed by atoms with Gasteiger partial charge in [0.05, 0.1) is 17.4 Å². The number of hydrogen-bond donors (Lipinski definition) is 3. The maximum Gasteiger partial charge on any atom is 0.338 e. The monoisotopic (exact) mass is 366 g/mol. The Bertz CT molecular complexity index is 676. The molecule has 0 radical (unpaired) electrons. The summed E-state index contributed by atoms with van der Waals surface area (Å²) in [4.78, 5) is 46.3. The predicted octanol–water partition coefficient (Wildman–Crippen LogP) is 0.877. The molecule has 134 valence electrons. The third-order valence-corrected chi connectivity index (χ3v) is 4.73. The molecule has 3 N–H and O–H groups in total. The van der Waals surface area contributed by atoms with E-state index >= 15 is 0 Å². The highest BCUT2D eigenvalue weighted by Crippen LogP contribution is 2.22. The molecule has 2 atom stereocenters. The van der Waals surface area contributed by atoms with E-state index in [1.165, 1.54) is 12.1 Å². The van der Waals surface area contributed by atoms with Gasteiger partial charge >= 0.3 is 11.9 Å². The van der Waals surface area contributed by atoms with Crippen LogP contribution in [0.3, 0.4) is 0 Å². The van der Waals surface area contributed by atoms with Gasteiger partial charge in [0, 0.05) is 17.9 Å². The minimum Gasteiger partial charge on any atom is -0.480 e. The predicted molar refractivity (Wildman–Crippen MR) is 91.5 cm³/mol. The second kappa shape index (κ2) is 8.52. The summed E-state index contributed by atoms with van der Waals surface area (Å²) in [5, 5.41) is 13.3. The van der Waals surface area contributed by atoms with Crippen LogP contribution in [0.2, 0.25) is 0 Å². The Balaban J connectivity index is 1.87. The molecule has 0 bridgehead atoms. The SMILES string of the molecule is CCOC(=O)c1ccc(NC(=O)C[C@@H]2SC[C@@H](C(=O)O)NC2=O)cc1. The average molecular weight is 366 g/mol. The minimum atomic E-state index is -1.09. The summed E-state index contributed by atoms with van der Waals surface area (Å²) in [6.45, 7) is 1.99. The number of benzene rings is 1. The topological polar surface area (TPSA) is 122 Å². The van der Waals surface area contributed by atoms with Crippen LogP contribution in [0.5, 0.6) is 0 Å². The van der Waals surface area contributed by atoms with Gasteiger partial charge in [-0.05, 0) is 31.2 Å². The highest BCUT2D eigenvalue weighted by molar-refractivity contribution is 8.00. The van der Waals surface area contributed by atoms with Gasteiger partial charge in [-0.15, -0.1) is 11.8 Å². The maximum absolute atomic E-state index is 12.1. The van der Waals surface area contributed by atoms with Gasteiger partial charge < -0.3 is 20.5 Å². The number of carbonyl (C=O) groups excluding carboxylic acids is 3. The fourth-order valence-corrected chi connectivity index (χ4v) is 3.30. The van der Waals surface area contributed by atoms with Gasteiger partial charge in [-0.2, -0.15) is 0 Å². The highest BCUT2D eigenvalue weighted by atomic mass is 32.2. The molecule has 0 aromatic heterocycles. The molecular weight excluding hydrogens is 348 g/mol. The lowest BCUT2D eigenvalue weighted by atomic mass is 10.2. The minimum absolute atomic E-state index is 0.0670. The lowest BCUT2D eigenvalue weighted by molar-refractivity contribution is -0.141. The number of carboxylic acids is 1. The summed E-state index contributed by atoms with van der Waals surface area (Å²) < 4.78 is 4.87. The van der Waals surface area contributed by atoms with Gasteiger partial charge in [-0.25, -0.2) is 9.59 Å². The van der Waals surface area contributed by atoms with Crippen LogP contribution in [0.15, 0.2) is 24.3 Å². The van der Waals surface area contributed by atoms with Crippen molar-refractivity contribution in [1.29, 1.82) is 0 Å². The Morgan fingerprint density at radius 2 is 2.00 bits per heavy atom. The van der Waals surface area contributed by atoms with E-state index in [1.807, 2.05) is 0 Å². The standard InChI is InChI=1S/C16H18N2O6S/c1-2-24-16(23)9-3-5-10(6-4-9)17-13(19)7-12-14(20)18-11(8-25-12)15(21)22/h3-6,11-12H,2,7-8H2,1H3,(H,17,19)(H,18,20)(H,21,22)/t11-,12-/m0/s1. The van der Waals surface area contributed by atoms with Crippen molar-refractivity contribution in [3.05, 3.63) is 29.8 Å². The molecular formula is C16H18N2O6S. The van der Waals surface area contributed by atoms with Crippen molar-refractivity contribution in [2.45, 2.75) is 24.6 Å². The molecule has 1 aliphatic heterocycles. The van der Waals surface area contributed by atoms with E-state index in [1.54, 1.807) is 19.1 Å². The first-order valence-electron chi connectivity index (χ1n) is 7.62. The molecule has 8 nitrogen and oxygen atoms in total. The van der Waals surface area contributed by atoms with Crippen LogP contribution >= 0.6 is 11.8 Å². The van der Waals surface area contributed by atoms with Gasteiger partial charge in [-0.3, -0.25) is 9.59 Å². The summed E-state index contributed by atoms with van der Waals surface area (Å²) in [5.41, 5.74) is 0.865. The molecule has 1 aromatic rings. The van der Waals surface area contributed by atoms with E-state index in [9.17, 15) is 19.2 Å². The van der Waals surface area contributed by atoms with Gasteiger partial charge in [-0.1, -0.05) is 0 Å². The lowest BCUT2D eigenvalue weighted by Gasteiger charge is -2.25. The van der Waals surface area contributed by atoms with E-state index < -0.39 is 29.1 Å². The average Bonchev–Trinajstić information content (AvgIpc) is 2.57. The largest absolute Gasteiger partial charge is 0.480 e. The molecule has 2 rings (SSSR count). The number of thioether (sulfide) groups is 1. The third kappa shape index (κ3) is 5.21. The van der Waals surface area contributed by atoms with Gasteiger partial charge in [0.2, 0.25) is 11.8 Å². The molecule has 25 heavy (non-hydrogen) atoms. The second-order valence-corrected chi connectivity index (χ2v) is 6.51. The summed E-state index contributed by atoms with van der Waals surface area (Å²) in [6, 6.07) is 5.28. The number of carboxylic acid groups (broad SMARTS) is 1. The molecule has 0 aliphatic carbocycles. The van der Waals surface area contributed by atoms with Crippen LogP contribution in [-0.4, -0.2) is 52.5 Å². The van der Waals surface area contributed by atoms with Crippen molar-refractivity contribution >= 4 is 41.2 Å². The first-order valence-corrected chi connectivity index (χ1v) is 8.67. The van der Waals surface area contributed by atoms with Crippen LogP contribution in [0.25, 0.3) is 0 Å². The summed E-state index contributed by atoms with van der Waals surface area (Å²) in [7, 11) is 0. The lowest BCUT2D eigenvalue weighted by Crippen LogP contribution is -2.51. The van der Waals surface area contributed by atoms with Crippen LogP contribution < -0.4 is 10.6 Å². The van der Waals surface area contributed by atoms with Crippen molar-refractivity contribution in [3.63, 3.8) is 0 Å². The number of carbonyl (C=O) groups is 4. The normalized spacial score (nSPS) is 19.6. The van der Waals surface area contributed by atoms with Crippen LogP contribution in [0.1, 0.15) is 23.7 Å². The first-order chi connectivity index (χ1) is 11.9. The van der Waals surface area contributed by atoms with Crippen molar-refractivity contribution in [3.8, 4) is 0 Å². The number of aliphatic carboxylic acids is 1. The molecule has 1 aliphatic rings. The zero-order valence-corrected chi connectivity index (χ0v) is 14.3. The van der Waals surface area contributed by atoms with Crippen molar-refractivity contribution in [2.75, 3.05) is 17.7 Å².